The third-order valence-electron chi connectivity index (χ3n) is 5.72. The number of likely N-dealkylation sites (tertiary alicyclic amines) is 1. The van der Waals surface area contributed by atoms with Crippen LogP contribution in [0.15, 0.2) is 53.4 Å². The molecule has 0 saturated carbocycles. The predicted octanol–water partition coefficient (Wildman–Crippen LogP) is 2.40. The molecule has 0 atom stereocenters. The van der Waals surface area contributed by atoms with E-state index in [2.05, 4.69) is 5.32 Å². The third-order valence-corrected chi connectivity index (χ3v) is 7.05. The van der Waals surface area contributed by atoms with Gasteiger partial charge in [-0.05, 0) is 49.9 Å². The molecule has 11 nitrogen and oxygen atoms in total. The number of amides is 2. The van der Waals surface area contributed by atoms with Crippen LogP contribution in [0.1, 0.15) is 30.1 Å². The number of hydrogen-bond acceptors (Lipinski definition) is 8. The summed E-state index contributed by atoms with van der Waals surface area (Å²) < 4.78 is 32.4. The Morgan fingerprint density at radius 1 is 1.14 bits per heavy atom. The average Bonchev–Trinajstić information content (AvgIpc) is 2.86. The molecule has 12 heteroatoms. The van der Waals surface area contributed by atoms with Gasteiger partial charge in [0, 0.05) is 37.9 Å². The zero-order valence-electron chi connectivity index (χ0n) is 19.3. The first-order chi connectivity index (χ1) is 16.7. The fraction of sp³-hybridized carbons (Fsp3) is 0.391. The minimum atomic E-state index is -4.32. The molecule has 3 rings (SSSR count). The molecule has 2 aromatic carbocycles. The van der Waals surface area contributed by atoms with E-state index in [1.54, 1.807) is 23.1 Å². The van der Waals surface area contributed by atoms with Gasteiger partial charge in [-0.2, -0.15) is 0 Å². The van der Waals surface area contributed by atoms with Crippen LogP contribution in [0.4, 0.5) is 11.4 Å². The molecule has 1 heterocycles. The molecule has 1 aliphatic rings. The number of nitrogens with zero attached hydrogens (tertiary/aromatic N) is 2. The molecule has 1 fully saturated rings. The van der Waals surface area contributed by atoms with Gasteiger partial charge < -0.3 is 15.0 Å². The van der Waals surface area contributed by atoms with Gasteiger partial charge in [-0.1, -0.05) is 18.2 Å². The van der Waals surface area contributed by atoms with Crippen LogP contribution in [0.3, 0.4) is 0 Å². The van der Waals surface area contributed by atoms with Gasteiger partial charge in [-0.25, -0.2) is 13.1 Å². The van der Waals surface area contributed by atoms with Gasteiger partial charge in [0.05, 0.1) is 9.82 Å². The number of rotatable bonds is 10. The molecule has 188 valence electrons. The van der Waals surface area contributed by atoms with E-state index < -0.39 is 26.5 Å². The lowest BCUT2D eigenvalue weighted by atomic mass is 9.96. The van der Waals surface area contributed by atoms with E-state index in [-0.39, 0.29) is 34.6 Å². The van der Waals surface area contributed by atoms with Crippen molar-refractivity contribution in [2.75, 3.05) is 38.2 Å². The van der Waals surface area contributed by atoms with Crippen LogP contribution in [0.5, 0.6) is 0 Å². The van der Waals surface area contributed by atoms with Crippen LogP contribution in [-0.4, -0.2) is 62.9 Å². The van der Waals surface area contributed by atoms with E-state index in [9.17, 15) is 28.1 Å². The van der Waals surface area contributed by atoms with Gasteiger partial charge in [-0.3, -0.25) is 19.7 Å². The van der Waals surface area contributed by atoms with Crippen molar-refractivity contribution in [2.45, 2.75) is 24.7 Å². The molecule has 0 aliphatic carbocycles. The average molecular weight is 505 g/mol. The van der Waals surface area contributed by atoms with Crippen molar-refractivity contribution in [3.63, 3.8) is 0 Å². The number of nitrogens with one attached hydrogen (secondary N) is 2. The summed E-state index contributed by atoms with van der Waals surface area (Å²) in [5.41, 5.74) is -0.0861. The van der Waals surface area contributed by atoms with Gasteiger partial charge in [0.25, 0.3) is 21.6 Å². The summed E-state index contributed by atoms with van der Waals surface area (Å²) in [5, 5.41) is 14.7. The Bertz CT molecular complexity index is 1160. The number of hydrogen-bond donors (Lipinski definition) is 2. The van der Waals surface area contributed by atoms with Gasteiger partial charge in [-0.15, -0.1) is 0 Å². The monoisotopic (exact) mass is 504 g/mol. The van der Waals surface area contributed by atoms with E-state index >= 15 is 0 Å². The van der Waals surface area contributed by atoms with Crippen molar-refractivity contribution in [3.05, 3.63) is 64.2 Å². The number of nitro groups is 1. The Balaban J connectivity index is 1.63. The molecule has 0 aromatic heterocycles. The second kappa shape index (κ2) is 11.8. The smallest absolute Gasteiger partial charge is 0.293 e. The highest BCUT2D eigenvalue weighted by Gasteiger charge is 2.26. The van der Waals surface area contributed by atoms with Crippen LogP contribution in [0, 0.1) is 16.0 Å². The van der Waals surface area contributed by atoms with Gasteiger partial charge in [0.2, 0.25) is 5.91 Å². The molecule has 2 amide bonds. The number of carbonyl (C=O) groups excluding carboxylic acids is 2. The number of sulfonamides is 1. The highest BCUT2D eigenvalue weighted by Crippen LogP contribution is 2.29. The van der Waals surface area contributed by atoms with Crippen molar-refractivity contribution in [2.24, 2.45) is 5.92 Å². The number of piperidine rings is 1. The molecule has 1 aliphatic heterocycles. The molecule has 0 unspecified atom stereocenters. The van der Waals surface area contributed by atoms with E-state index in [0.717, 1.165) is 18.9 Å². The van der Waals surface area contributed by atoms with Crippen LogP contribution >= 0.6 is 0 Å². The summed E-state index contributed by atoms with van der Waals surface area (Å²) in [4.78, 5) is 36.6. The van der Waals surface area contributed by atoms with E-state index in [4.69, 9.17) is 4.74 Å². The van der Waals surface area contributed by atoms with Crippen molar-refractivity contribution in [1.29, 1.82) is 0 Å². The lowest BCUT2D eigenvalue weighted by Crippen LogP contribution is -2.41. The summed E-state index contributed by atoms with van der Waals surface area (Å²) in [5.74, 6) is -0.689. The topological polar surface area (TPSA) is 148 Å². The molecule has 35 heavy (non-hydrogen) atoms. The molecule has 2 N–H and O–H groups in total. The highest BCUT2D eigenvalue weighted by molar-refractivity contribution is 7.90. The largest absolute Gasteiger partial charge is 0.379 e. The normalized spacial score (nSPS) is 14.4. The first-order valence-corrected chi connectivity index (χ1v) is 12.7. The number of benzene rings is 2. The van der Waals surface area contributed by atoms with Gasteiger partial charge in [0.1, 0.15) is 12.3 Å². The lowest BCUT2D eigenvalue weighted by Gasteiger charge is -2.32. The second-order valence-electron chi connectivity index (χ2n) is 8.08. The van der Waals surface area contributed by atoms with Gasteiger partial charge >= 0.3 is 0 Å². The Hall–Kier alpha value is -3.51. The third kappa shape index (κ3) is 6.99. The summed E-state index contributed by atoms with van der Waals surface area (Å²) in [7, 11) is -4.32. The fourth-order valence-corrected chi connectivity index (χ4v) is 4.72. The standard InChI is InChI=1S/C23H28N4O7S/c1-2-34-16-22(28)26-12-10-17(11-13-26)15-24-20-9-8-19(14-21(20)27(30)31)35(32,33)25-23(29)18-6-4-3-5-7-18/h3-9,14,17,24H,2,10-13,15-16H2,1H3,(H,25,29). The zero-order valence-corrected chi connectivity index (χ0v) is 20.1. The summed E-state index contributed by atoms with van der Waals surface area (Å²) >= 11 is 0. The molecule has 0 radical (unpaired) electrons. The SMILES string of the molecule is CCOCC(=O)N1CCC(CNc2ccc(S(=O)(=O)NC(=O)c3ccccc3)cc2[N+](=O)[O-])CC1. The molecular weight excluding hydrogens is 476 g/mol. The highest BCUT2D eigenvalue weighted by atomic mass is 32.2. The first-order valence-electron chi connectivity index (χ1n) is 11.2. The second-order valence-corrected chi connectivity index (χ2v) is 9.76. The molecule has 0 bridgehead atoms. The summed E-state index contributed by atoms with van der Waals surface area (Å²) in [6.45, 7) is 3.96. The van der Waals surface area contributed by atoms with E-state index in [1.165, 1.54) is 24.3 Å². The van der Waals surface area contributed by atoms with Crippen molar-refractivity contribution < 1.29 is 27.7 Å². The molecular formula is C23H28N4O7S. The van der Waals surface area contributed by atoms with Crippen LogP contribution in [0.25, 0.3) is 0 Å². The number of ether oxygens (including phenoxy) is 1. The number of anilines is 1. The predicted molar refractivity (Wildman–Crippen MR) is 128 cm³/mol. The minimum Gasteiger partial charge on any atom is -0.379 e. The van der Waals surface area contributed by atoms with Crippen molar-refractivity contribution in [1.82, 2.24) is 9.62 Å². The van der Waals surface area contributed by atoms with Crippen LogP contribution in [-0.2, 0) is 19.6 Å². The summed E-state index contributed by atoms with van der Waals surface area (Å²) in [6.07, 6.45) is 1.47. The number of nitro benzene ring substituents is 1. The lowest BCUT2D eigenvalue weighted by molar-refractivity contribution is -0.384. The Kier molecular flexibility index (Phi) is 8.77. The minimum absolute atomic E-state index is 0.0509. The Labute approximate surface area is 203 Å². The van der Waals surface area contributed by atoms with Crippen LogP contribution < -0.4 is 10.0 Å². The Morgan fingerprint density at radius 2 is 1.83 bits per heavy atom. The van der Waals surface area contributed by atoms with Crippen molar-refractivity contribution in [3.8, 4) is 0 Å². The Morgan fingerprint density at radius 3 is 2.46 bits per heavy atom. The zero-order chi connectivity index (χ0) is 25.4. The first kappa shape index (κ1) is 26.1. The van der Waals surface area contributed by atoms with Crippen LogP contribution in [0.2, 0.25) is 0 Å². The maximum atomic E-state index is 12.6. The fourth-order valence-electron chi connectivity index (χ4n) is 3.73. The van der Waals surface area contributed by atoms with Crippen molar-refractivity contribution >= 4 is 33.2 Å². The molecule has 0 spiro atoms. The summed E-state index contributed by atoms with van der Waals surface area (Å²) in [6, 6.07) is 11.2. The molecule has 1 saturated heterocycles. The molecule has 2 aromatic rings. The maximum Gasteiger partial charge on any atom is 0.293 e. The van der Waals surface area contributed by atoms with Gasteiger partial charge in [0.15, 0.2) is 0 Å². The van der Waals surface area contributed by atoms with E-state index in [1.807, 2.05) is 11.6 Å². The van der Waals surface area contributed by atoms with E-state index in [0.29, 0.717) is 26.2 Å². The maximum absolute atomic E-state index is 12.6. The number of carbonyl (C=O) groups is 2. The quantitative estimate of drug-likeness (QED) is 0.370.